The van der Waals surface area contributed by atoms with Gasteiger partial charge in [0.1, 0.15) is 6.54 Å². The molecular formula is C9H11F6N3. The fourth-order valence-corrected chi connectivity index (χ4v) is 1.36. The van der Waals surface area contributed by atoms with Gasteiger partial charge in [-0.15, -0.1) is 0 Å². The fourth-order valence-electron chi connectivity index (χ4n) is 1.36. The van der Waals surface area contributed by atoms with Crippen LogP contribution in [0.3, 0.4) is 0 Å². The predicted octanol–water partition coefficient (Wildman–Crippen LogP) is 3.70. The lowest BCUT2D eigenvalue weighted by atomic mass is 9.98. The maximum atomic E-state index is 12.8. The van der Waals surface area contributed by atoms with Crippen LogP contribution in [0.5, 0.6) is 0 Å². The summed E-state index contributed by atoms with van der Waals surface area (Å²) in [5.41, 5.74) is -4.06. The Morgan fingerprint density at radius 2 is 1.61 bits per heavy atom. The second kappa shape index (κ2) is 4.43. The van der Waals surface area contributed by atoms with Crippen molar-refractivity contribution >= 4 is 0 Å². The highest BCUT2D eigenvalue weighted by Crippen LogP contribution is 2.50. The highest BCUT2D eigenvalue weighted by atomic mass is 19.4. The number of rotatable bonds is 2. The summed E-state index contributed by atoms with van der Waals surface area (Å²) in [4.78, 5) is 0. The molecule has 1 aliphatic heterocycles. The molecule has 3 nitrogen and oxygen atoms in total. The Morgan fingerprint density at radius 1 is 1.11 bits per heavy atom. The summed E-state index contributed by atoms with van der Waals surface area (Å²) in [7, 11) is 0. The maximum absolute atomic E-state index is 12.8. The van der Waals surface area contributed by atoms with Crippen molar-refractivity contribution in [3.05, 3.63) is 12.3 Å². The minimum Gasteiger partial charge on any atom is -0.228 e. The Morgan fingerprint density at radius 3 is 2.00 bits per heavy atom. The van der Waals surface area contributed by atoms with E-state index in [1.54, 1.807) is 13.8 Å². The van der Waals surface area contributed by atoms with Crippen molar-refractivity contribution in [2.45, 2.75) is 31.7 Å². The molecule has 0 N–H and O–H groups in total. The van der Waals surface area contributed by atoms with E-state index in [4.69, 9.17) is 0 Å². The van der Waals surface area contributed by atoms with E-state index in [0.717, 1.165) is 0 Å². The number of nitrogens with zero attached hydrogens (tertiary/aromatic N) is 3. The van der Waals surface area contributed by atoms with Crippen LogP contribution in [0.2, 0.25) is 0 Å². The molecule has 18 heavy (non-hydrogen) atoms. The lowest BCUT2D eigenvalue weighted by Gasteiger charge is -2.36. The summed E-state index contributed by atoms with van der Waals surface area (Å²) in [6.45, 7) is 1.75. The number of allylic oxidation sites excluding steroid dienone is 1. The van der Waals surface area contributed by atoms with E-state index >= 15 is 0 Å². The van der Waals surface area contributed by atoms with E-state index in [-0.39, 0.29) is 10.9 Å². The van der Waals surface area contributed by atoms with Gasteiger partial charge < -0.3 is 0 Å². The van der Waals surface area contributed by atoms with Crippen molar-refractivity contribution in [2.24, 2.45) is 16.3 Å². The summed E-state index contributed by atoms with van der Waals surface area (Å²) in [6, 6.07) is 0. The highest BCUT2D eigenvalue weighted by Gasteiger charge is 2.76. The minimum atomic E-state index is -5.52. The molecular weight excluding hydrogens is 264 g/mol. The smallest absolute Gasteiger partial charge is 0.228 e. The zero-order valence-corrected chi connectivity index (χ0v) is 9.55. The van der Waals surface area contributed by atoms with Gasteiger partial charge in [0.25, 0.3) is 5.54 Å². The third kappa shape index (κ3) is 2.30. The summed E-state index contributed by atoms with van der Waals surface area (Å²) in [5.74, 6) is -0.208. The van der Waals surface area contributed by atoms with Crippen LogP contribution in [-0.2, 0) is 0 Å². The number of hydrogen-bond donors (Lipinski definition) is 0. The van der Waals surface area contributed by atoms with Crippen LogP contribution < -0.4 is 0 Å². The molecule has 104 valence electrons. The van der Waals surface area contributed by atoms with Crippen LogP contribution in [-0.4, -0.2) is 29.4 Å². The average molecular weight is 275 g/mol. The third-order valence-electron chi connectivity index (χ3n) is 2.40. The predicted molar refractivity (Wildman–Crippen MR) is 50.4 cm³/mol. The van der Waals surface area contributed by atoms with Gasteiger partial charge in [0.05, 0.1) is 0 Å². The lowest BCUT2D eigenvalue weighted by molar-refractivity contribution is -0.324. The summed E-state index contributed by atoms with van der Waals surface area (Å²) in [5, 5.41) is 5.65. The van der Waals surface area contributed by atoms with Gasteiger partial charge in [-0.3, -0.25) is 0 Å². The zero-order valence-electron chi connectivity index (χ0n) is 9.55. The molecule has 1 aliphatic rings. The second-order valence-electron chi connectivity index (χ2n) is 4.17. The van der Waals surface area contributed by atoms with E-state index in [1.807, 2.05) is 0 Å². The zero-order chi connectivity index (χ0) is 14.2. The molecule has 9 heteroatoms. The van der Waals surface area contributed by atoms with Crippen LogP contribution in [0.4, 0.5) is 26.3 Å². The van der Waals surface area contributed by atoms with Crippen LogP contribution in [0.15, 0.2) is 22.6 Å². The largest absolute Gasteiger partial charge is 0.424 e. The first kappa shape index (κ1) is 14.8. The van der Waals surface area contributed by atoms with Crippen LogP contribution in [0.25, 0.3) is 0 Å². The first-order valence-electron chi connectivity index (χ1n) is 5.01. The van der Waals surface area contributed by atoms with Gasteiger partial charge in [0.15, 0.2) is 0 Å². The van der Waals surface area contributed by atoms with E-state index < -0.39 is 24.4 Å². The van der Waals surface area contributed by atoms with Crippen molar-refractivity contribution < 1.29 is 26.3 Å². The van der Waals surface area contributed by atoms with E-state index in [9.17, 15) is 26.3 Å². The standard InChI is InChI=1S/C9H11F6N3/c1-6(2)3-4-18-7(5-16-17-18,8(10,11)12)9(13,14)15/h3-4,6H,5H2,1-2H3/b4-3-. The first-order valence-corrected chi connectivity index (χ1v) is 5.01. The van der Waals surface area contributed by atoms with E-state index in [0.29, 0.717) is 6.20 Å². The Bertz CT molecular complexity index is 340. The molecule has 0 aliphatic carbocycles. The van der Waals surface area contributed by atoms with Crippen molar-refractivity contribution in [3.63, 3.8) is 0 Å². The summed E-state index contributed by atoms with van der Waals surface area (Å²) < 4.78 is 76.6. The van der Waals surface area contributed by atoms with Crippen LogP contribution >= 0.6 is 0 Å². The Kier molecular flexibility index (Phi) is 3.64. The normalized spacial score (nSPS) is 20.4. The summed E-state index contributed by atoms with van der Waals surface area (Å²) in [6.07, 6.45) is -9.18. The van der Waals surface area contributed by atoms with Gasteiger partial charge in [-0.25, -0.2) is 5.01 Å². The molecule has 1 heterocycles. The van der Waals surface area contributed by atoms with Gasteiger partial charge >= 0.3 is 12.4 Å². The number of hydrogen-bond acceptors (Lipinski definition) is 3. The quantitative estimate of drug-likeness (QED) is 0.706. The molecule has 0 spiro atoms. The molecule has 0 atom stereocenters. The Hall–Kier alpha value is -1.28. The van der Waals surface area contributed by atoms with Gasteiger partial charge in [-0.2, -0.15) is 31.5 Å². The van der Waals surface area contributed by atoms with Crippen molar-refractivity contribution in [2.75, 3.05) is 6.54 Å². The fraction of sp³-hybridized carbons (Fsp3) is 0.778. The topological polar surface area (TPSA) is 28.0 Å². The van der Waals surface area contributed by atoms with Gasteiger partial charge in [-0.05, 0) is 5.92 Å². The monoisotopic (exact) mass is 275 g/mol. The maximum Gasteiger partial charge on any atom is 0.424 e. The third-order valence-corrected chi connectivity index (χ3v) is 2.40. The molecule has 0 unspecified atom stereocenters. The van der Waals surface area contributed by atoms with Gasteiger partial charge in [0.2, 0.25) is 0 Å². The SMILES string of the molecule is CC(C)/C=C\N1N=NCC1(C(F)(F)F)C(F)(F)F. The number of halogens is 6. The Labute approximate surface area is 99.1 Å². The molecule has 0 aromatic heterocycles. The molecule has 0 radical (unpaired) electrons. The minimum absolute atomic E-state index is 0.160. The molecule has 0 aromatic rings. The molecule has 0 aromatic carbocycles. The average Bonchev–Trinajstić information content (AvgIpc) is 2.56. The van der Waals surface area contributed by atoms with Crippen molar-refractivity contribution in [3.8, 4) is 0 Å². The highest BCUT2D eigenvalue weighted by molar-refractivity contribution is 5.09. The van der Waals surface area contributed by atoms with Gasteiger partial charge in [-0.1, -0.05) is 25.1 Å². The first-order chi connectivity index (χ1) is 8.02. The lowest BCUT2D eigenvalue weighted by Crippen LogP contribution is -2.64. The van der Waals surface area contributed by atoms with Gasteiger partial charge in [0, 0.05) is 6.20 Å². The van der Waals surface area contributed by atoms with Crippen LogP contribution in [0.1, 0.15) is 13.8 Å². The number of alkyl halides is 6. The van der Waals surface area contributed by atoms with E-state index in [1.165, 1.54) is 6.08 Å². The molecule has 0 bridgehead atoms. The van der Waals surface area contributed by atoms with E-state index in [2.05, 4.69) is 10.3 Å². The molecule has 0 fully saturated rings. The van der Waals surface area contributed by atoms with Crippen LogP contribution in [0, 0.1) is 5.92 Å². The summed E-state index contributed by atoms with van der Waals surface area (Å²) >= 11 is 0. The molecule has 1 rings (SSSR count). The molecule has 0 amide bonds. The molecule has 0 saturated carbocycles. The molecule has 0 saturated heterocycles. The second-order valence-corrected chi connectivity index (χ2v) is 4.17. The van der Waals surface area contributed by atoms with Crippen molar-refractivity contribution in [1.82, 2.24) is 5.01 Å². The van der Waals surface area contributed by atoms with Crippen molar-refractivity contribution in [1.29, 1.82) is 0 Å². The Balaban J connectivity index is 3.20.